The number of oxazole rings is 1. The smallest absolute Gasteiger partial charge is 0.408 e. The van der Waals surface area contributed by atoms with Gasteiger partial charge in [-0.3, -0.25) is 27.9 Å². The monoisotopic (exact) mass is 531 g/mol. The van der Waals surface area contributed by atoms with E-state index in [4.69, 9.17) is 15.1 Å². The number of carbonyl (C=O) groups excluding carboxylic acids is 1. The van der Waals surface area contributed by atoms with E-state index in [1.807, 2.05) is 4.90 Å². The molecule has 0 spiro atoms. The number of hydrogen-bond donors (Lipinski definition) is 1. The molecule has 2 fully saturated rings. The summed E-state index contributed by atoms with van der Waals surface area (Å²) in [7, 11) is 1.50. The first kappa shape index (κ1) is 24.9. The minimum atomic E-state index is -0.606. The van der Waals surface area contributed by atoms with Crippen LogP contribution in [0.3, 0.4) is 0 Å². The number of fused-ring (bicyclic) bond motifs is 2. The predicted octanol–water partition coefficient (Wildman–Crippen LogP) is 0.973. The molecule has 6 rings (SSSR count). The number of anilines is 1. The molecule has 3 aromatic heterocycles. The third-order valence-electron chi connectivity index (χ3n) is 7.52. The summed E-state index contributed by atoms with van der Waals surface area (Å²) < 4.78 is 10.7. The molecule has 4 aromatic rings. The normalized spacial score (nSPS) is 17.5. The second-order valence-corrected chi connectivity index (χ2v) is 10.2. The molecule has 1 unspecified atom stereocenters. The number of rotatable bonds is 6. The standard InChI is InChI=1S/C27H29N7O5/c1-3-4-13-32-22-23(29-25(32)31-12-6-7-16(28)14-31)34(17-10-11-17)26(37)33(24(22)36)15-19(35)18-8-5-9-20-21(18)30(2)27(38)39-20/h5,8-9,16-17H,6-7,10-15,28H2,1-2H3. The minimum absolute atomic E-state index is 0.0224. The van der Waals surface area contributed by atoms with Crippen molar-refractivity contribution in [2.24, 2.45) is 12.8 Å². The number of aromatic nitrogens is 5. The van der Waals surface area contributed by atoms with Crippen LogP contribution in [0.15, 0.2) is 37.0 Å². The van der Waals surface area contributed by atoms with Gasteiger partial charge in [0.05, 0.1) is 13.1 Å². The molecule has 0 bridgehead atoms. The Morgan fingerprint density at radius 1 is 1.15 bits per heavy atom. The number of para-hydroxylation sites is 1. The number of hydrogen-bond acceptors (Lipinski definition) is 8. The van der Waals surface area contributed by atoms with Crippen LogP contribution >= 0.6 is 0 Å². The summed E-state index contributed by atoms with van der Waals surface area (Å²) in [6, 6.07) is 4.62. The third kappa shape index (κ3) is 4.10. The van der Waals surface area contributed by atoms with Crippen LogP contribution in [0, 0.1) is 11.8 Å². The van der Waals surface area contributed by atoms with E-state index < -0.39 is 29.3 Å². The topological polar surface area (TPSA) is 143 Å². The number of benzene rings is 1. The number of nitrogens with two attached hydrogens (primary N) is 1. The van der Waals surface area contributed by atoms with Crippen molar-refractivity contribution in [3.8, 4) is 11.8 Å². The Morgan fingerprint density at radius 3 is 2.67 bits per heavy atom. The first-order valence-corrected chi connectivity index (χ1v) is 13.1. The SMILES string of the molecule is CC#CCn1c(N2CCCC(N)C2)nc2c1c(=O)n(CC(=O)c1cccc3oc(=O)n(C)c13)c(=O)n2C1CC1. The highest BCUT2D eigenvalue weighted by Crippen LogP contribution is 2.36. The van der Waals surface area contributed by atoms with E-state index in [1.54, 1.807) is 34.3 Å². The Bertz CT molecular complexity index is 1870. The van der Waals surface area contributed by atoms with Crippen LogP contribution in [0.4, 0.5) is 5.95 Å². The molecule has 1 saturated heterocycles. The maximum Gasteiger partial charge on any atom is 0.419 e. The lowest BCUT2D eigenvalue weighted by Crippen LogP contribution is -2.44. The third-order valence-corrected chi connectivity index (χ3v) is 7.52. The molecule has 2 N–H and O–H groups in total. The highest BCUT2D eigenvalue weighted by Gasteiger charge is 2.33. The summed E-state index contributed by atoms with van der Waals surface area (Å²) in [5, 5.41) is 0. The molecule has 2 aliphatic rings. The summed E-state index contributed by atoms with van der Waals surface area (Å²) in [6.45, 7) is 2.74. The first-order chi connectivity index (χ1) is 18.8. The van der Waals surface area contributed by atoms with Gasteiger partial charge in [-0.05, 0) is 44.7 Å². The van der Waals surface area contributed by atoms with Gasteiger partial charge in [0.25, 0.3) is 5.56 Å². The number of Topliss-reactive ketones (excluding diaryl/α,β-unsaturated/α-hetero) is 1. The maximum absolute atomic E-state index is 14.0. The molecule has 12 heteroatoms. The lowest BCUT2D eigenvalue weighted by molar-refractivity contribution is 0.0970. The quantitative estimate of drug-likeness (QED) is 0.286. The zero-order chi connectivity index (χ0) is 27.4. The molecule has 12 nitrogen and oxygen atoms in total. The summed E-state index contributed by atoms with van der Waals surface area (Å²) >= 11 is 0. The Labute approximate surface area is 222 Å². The van der Waals surface area contributed by atoms with E-state index in [0.717, 1.165) is 36.8 Å². The van der Waals surface area contributed by atoms with Crippen molar-refractivity contribution >= 4 is 34.0 Å². The minimum Gasteiger partial charge on any atom is -0.408 e. The van der Waals surface area contributed by atoms with E-state index >= 15 is 0 Å². The maximum atomic E-state index is 14.0. The fourth-order valence-electron chi connectivity index (χ4n) is 5.44. The van der Waals surface area contributed by atoms with Crippen molar-refractivity contribution in [1.82, 2.24) is 23.3 Å². The lowest BCUT2D eigenvalue weighted by Gasteiger charge is -2.31. The molecule has 39 heavy (non-hydrogen) atoms. The molecule has 1 atom stereocenters. The van der Waals surface area contributed by atoms with Gasteiger partial charge in [0.2, 0.25) is 5.95 Å². The fraction of sp³-hybridized carbons (Fsp3) is 0.444. The summed E-state index contributed by atoms with van der Waals surface area (Å²) in [6.07, 6.45) is 3.36. The van der Waals surface area contributed by atoms with Crippen LogP contribution in [-0.4, -0.2) is 48.2 Å². The molecule has 0 radical (unpaired) electrons. The molecule has 1 aliphatic carbocycles. The van der Waals surface area contributed by atoms with Gasteiger partial charge >= 0.3 is 11.4 Å². The zero-order valence-electron chi connectivity index (χ0n) is 21.8. The number of carbonyl (C=O) groups is 1. The van der Waals surface area contributed by atoms with Crippen molar-refractivity contribution < 1.29 is 9.21 Å². The molecule has 202 valence electrons. The Kier molecular flexibility index (Phi) is 6.03. The van der Waals surface area contributed by atoms with Crippen molar-refractivity contribution in [3.05, 3.63) is 55.2 Å². The van der Waals surface area contributed by atoms with Crippen LogP contribution < -0.4 is 27.6 Å². The fourth-order valence-corrected chi connectivity index (χ4v) is 5.44. The molecule has 1 saturated carbocycles. The molecule has 1 aliphatic heterocycles. The van der Waals surface area contributed by atoms with E-state index in [0.29, 0.717) is 23.7 Å². The number of piperidine rings is 1. The second-order valence-electron chi connectivity index (χ2n) is 10.2. The van der Waals surface area contributed by atoms with Gasteiger partial charge in [-0.1, -0.05) is 12.0 Å². The highest BCUT2D eigenvalue weighted by atomic mass is 16.4. The van der Waals surface area contributed by atoms with Crippen LogP contribution in [-0.2, 0) is 20.1 Å². The largest absolute Gasteiger partial charge is 0.419 e. The first-order valence-electron chi connectivity index (χ1n) is 13.1. The van der Waals surface area contributed by atoms with Gasteiger partial charge in [-0.25, -0.2) is 9.59 Å². The molecular weight excluding hydrogens is 502 g/mol. The average molecular weight is 532 g/mol. The van der Waals surface area contributed by atoms with Crippen LogP contribution in [0.1, 0.15) is 49.0 Å². The van der Waals surface area contributed by atoms with Crippen molar-refractivity contribution in [3.63, 3.8) is 0 Å². The molecular formula is C27H29N7O5. The molecule has 0 amide bonds. The van der Waals surface area contributed by atoms with Crippen molar-refractivity contribution in [2.75, 3.05) is 18.0 Å². The Morgan fingerprint density at radius 2 is 1.95 bits per heavy atom. The lowest BCUT2D eigenvalue weighted by atomic mass is 10.1. The van der Waals surface area contributed by atoms with Crippen molar-refractivity contribution in [1.29, 1.82) is 0 Å². The predicted molar refractivity (Wildman–Crippen MR) is 145 cm³/mol. The zero-order valence-corrected chi connectivity index (χ0v) is 21.8. The Balaban J connectivity index is 1.54. The molecule has 1 aromatic carbocycles. The van der Waals surface area contributed by atoms with E-state index in [-0.39, 0.29) is 35.3 Å². The second kappa shape index (κ2) is 9.43. The van der Waals surface area contributed by atoms with Crippen LogP contribution in [0.5, 0.6) is 0 Å². The number of ketones is 1. The summed E-state index contributed by atoms with van der Waals surface area (Å²) in [4.78, 5) is 60.2. The number of imidazole rings is 1. The van der Waals surface area contributed by atoms with Gasteiger partial charge < -0.3 is 15.1 Å². The Hall–Kier alpha value is -4.37. The summed E-state index contributed by atoms with van der Waals surface area (Å²) in [5.74, 6) is 5.36. The average Bonchev–Trinajstić information content (AvgIpc) is 3.61. The van der Waals surface area contributed by atoms with Crippen LogP contribution in [0.2, 0.25) is 0 Å². The number of aryl methyl sites for hydroxylation is 1. The molecule has 4 heterocycles. The van der Waals surface area contributed by atoms with Crippen LogP contribution in [0.25, 0.3) is 22.3 Å². The van der Waals surface area contributed by atoms with Gasteiger partial charge in [-0.15, -0.1) is 5.92 Å². The van der Waals surface area contributed by atoms with Gasteiger partial charge in [0.1, 0.15) is 5.52 Å². The number of nitrogens with zero attached hydrogens (tertiary/aromatic N) is 6. The summed E-state index contributed by atoms with van der Waals surface area (Å²) in [5.41, 5.74) is 6.37. The van der Waals surface area contributed by atoms with Gasteiger partial charge in [0.15, 0.2) is 22.5 Å². The van der Waals surface area contributed by atoms with E-state index in [9.17, 15) is 19.2 Å². The van der Waals surface area contributed by atoms with Gasteiger partial charge in [-0.2, -0.15) is 4.98 Å². The van der Waals surface area contributed by atoms with Gasteiger partial charge in [0, 0.05) is 37.8 Å². The van der Waals surface area contributed by atoms with E-state index in [1.165, 1.54) is 11.6 Å². The highest BCUT2D eigenvalue weighted by molar-refractivity contribution is 6.05. The van der Waals surface area contributed by atoms with E-state index in [2.05, 4.69) is 11.8 Å². The van der Waals surface area contributed by atoms with Crippen molar-refractivity contribution in [2.45, 2.75) is 57.8 Å².